The summed E-state index contributed by atoms with van der Waals surface area (Å²) in [5.41, 5.74) is 6.07. The molecule has 0 bridgehead atoms. The molecule has 19 heavy (non-hydrogen) atoms. The molecule has 0 aliphatic rings. The number of hydrogen-bond donors (Lipinski definition) is 2. The molecule has 0 saturated heterocycles. The highest BCUT2D eigenvalue weighted by Crippen LogP contribution is 2.20. The Hall–Kier alpha value is -1.13. The second-order valence-electron chi connectivity index (χ2n) is 3.58. The van der Waals surface area contributed by atoms with Gasteiger partial charge in [0.15, 0.2) is 0 Å². The lowest BCUT2D eigenvalue weighted by atomic mass is 10.2. The summed E-state index contributed by atoms with van der Waals surface area (Å²) in [5, 5.41) is 6.74. The number of carbonyl (C=O) groups is 1. The lowest BCUT2D eigenvalue weighted by molar-refractivity contribution is 0.0955. The number of amides is 1. The zero-order chi connectivity index (χ0) is 13.7. The highest BCUT2D eigenvalue weighted by Gasteiger charge is 2.11. The second-order valence-corrected chi connectivity index (χ2v) is 6.41. The van der Waals surface area contributed by atoms with Gasteiger partial charge in [0.05, 0.1) is 13.1 Å². The van der Waals surface area contributed by atoms with Crippen molar-refractivity contribution in [3.05, 3.63) is 42.7 Å². The van der Waals surface area contributed by atoms with Crippen LogP contribution in [-0.4, -0.2) is 12.5 Å². The predicted octanol–water partition coefficient (Wildman–Crippen LogP) is 2.81. The zero-order valence-electron chi connectivity index (χ0n) is 9.90. The summed E-state index contributed by atoms with van der Waals surface area (Å²) >= 11 is 6.38. The van der Waals surface area contributed by atoms with Crippen LogP contribution >= 0.6 is 38.6 Å². The molecule has 1 amide bonds. The van der Waals surface area contributed by atoms with Crippen LogP contribution in [0, 0.1) is 11.8 Å². The van der Waals surface area contributed by atoms with Crippen LogP contribution in [0.2, 0.25) is 0 Å². The third-order valence-electron chi connectivity index (χ3n) is 2.24. The highest BCUT2D eigenvalue weighted by molar-refractivity contribution is 9.10. The number of nitrogens with two attached hydrogens (primary N) is 1. The lowest BCUT2D eigenvalue weighted by Gasteiger charge is -2.02. The molecule has 0 atom stereocenters. The van der Waals surface area contributed by atoms with Crippen LogP contribution < -0.4 is 11.1 Å². The fourth-order valence-corrected chi connectivity index (χ4v) is 3.58. The Labute approximate surface area is 128 Å². The first-order valence-electron chi connectivity index (χ1n) is 5.48. The molecule has 0 aliphatic carbocycles. The normalized spacial score (nSPS) is 9.79. The molecule has 3 N–H and O–H groups in total. The van der Waals surface area contributed by atoms with Gasteiger partial charge in [0.25, 0.3) is 5.91 Å². The quantitative estimate of drug-likeness (QED) is 0.832. The molecular weight excluding hydrogens is 344 g/mol. The van der Waals surface area contributed by atoms with Gasteiger partial charge in [0, 0.05) is 20.3 Å². The number of thiophene rings is 2. The van der Waals surface area contributed by atoms with Gasteiger partial charge >= 0.3 is 0 Å². The summed E-state index contributed by atoms with van der Waals surface area (Å²) in [4.78, 5) is 13.8. The fraction of sp³-hybridized carbons (Fsp3) is 0.154. The molecule has 98 valence electrons. The third kappa shape index (κ3) is 3.91. The molecule has 0 aliphatic heterocycles. The SMILES string of the molecule is NCC#Cc1ccsc1C(=O)NCc1cc(Br)cs1. The van der Waals surface area contributed by atoms with Gasteiger partial charge in [-0.3, -0.25) is 4.79 Å². The van der Waals surface area contributed by atoms with Crippen molar-refractivity contribution in [2.45, 2.75) is 6.54 Å². The van der Waals surface area contributed by atoms with Crippen molar-refractivity contribution in [1.29, 1.82) is 0 Å². The van der Waals surface area contributed by atoms with Crippen molar-refractivity contribution >= 4 is 44.5 Å². The van der Waals surface area contributed by atoms with Crippen LogP contribution in [0.3, 0.4) is 0 Å². The average molecular weight is 355 g/mol. The largest absolute Gasteiger partial charge is 0.346 e. The van der Waals surface area contributed by atoms with Gasteiger partial charge < -0.3 is 11.1 Å². The minimum Gasteiger partial charge on any atom is -0.346 e. The molecule has 0 fully saturated rings. The molecule has 0 aromatic carbocycles. The number of carbonyl (C=O) groups excluding carboxylic acids is 1. The Kier molecular flexibility index (Phi) is 5.16. The standard InChI is InChI=1S/C13H11BrN2OS2/c14-10-6-11(19-8-10)7-16-13(17)12-9(2-1-4-15)3-5-18-12/h3,5-6,8H,4,7,15H2,(H,16,17). The van der Waals surface area contributed by atoms with Crippen LogP contribution in [0.15, 0.2) is 27.4 Å². The molecule has 6 heteroatoms. The Balaban J connectivity index is 2.02. The molecule has 0 radical (unpaired) electrons. The summed E-state index contributed by atoms with van der Waals surface area (Å²) in [6.45, 7) is 0.816. The number of halogens is 1. The maximum atomic E-state index is 12.1. The van der Waals surface area contributed by atoms with Crippen LogP contribution in [0.5, 0.6) is 0 Å². The monoisotopic (exact) mass is 354 g/mol. The van der Waals surface area contributed by atoms with E-state index in [9.17, 15) is 4.79 Å². The van der Waals surface area contributed by atoms with E-state index < -0.39 is 0 Å². The second kappa shape index (κ2) is 6.87. The van der Waals surface area contributed by atoms with Crippen molar-refractivity contribution in [3.8, 4) is 11.8 Å². The van der Waals surface area contributed by atoms with Gasteiger partial charge in [0.2, 0.25) is 0 Å². The Morgan fingerprint density at radius 3 is 3.00 bits per heavy atom. The minimum atomic E-state index is -0.0964. The number of rotatable bonds is 3. The molecule has 2 aromatic rings. The van der Waals surface area contributed by atoms with E-state index in [1.54, 1.807) is 11.3 Å². The van der Waals surface area contributed by atoms with Crippen LogP contribution in [0.25, 0.3) is 0 Å². The van der Waals surface area contributed by atoms with E-state index in [0.717, 1.165) is 14.9 Å². The van der Waals surface area contributed by atoms with E-state index in [4.69, 9.17) is 5.73 Å². The molecular formula is C13H11BrN2OS2. The molecule has 2 rings (SSSR count). The first kappa shape index (κ1) is 14.3. The van der Waals surface area contributed by atoms with Crippen LogP contribution in [-0.2, 0) is 6.54 Å². The molecule has 0 unspecified atom stereocenters. The molecule has 3 nitrogen and oxygen atoms in total. The zero-order valence-corrected chi connectivity index (χ0v) is 13.1. The van der Waals surface area contributed by atoms with Gasteiger partial charge in [0.1, 0.15) is 4.88 Å². The number of nitrogens with one attached hydrogen (secondary N) is 1. The topological polar surface area (TPSA) is 55.1 Å². The maximum Gasteiger partial charge on any atom is 0.262 e. The van der Waals surface area contributed by atoms with Crippen molar-refractivity contribution in [2.75, 3.05) is 6.54 Å². The summed E-state index contributed by atoms with van der Waals surface area (Å²) in [6, 6.07) is 3.83. The van der Waals surface area contributed by atoms with E-state index >= 15 is 0 Å². The average Bonchev–Trinajstić information content (AvgIpc) is 3.02. The highest BCUT2D eigenvalue weighted by atomic mass is 79.9. The van der Waals surface area contributed by atoms with Crippen LogP contribution in [0.1, 0.15) is 20.1 Å². The summed E-state index contributed by atoms with van der Waals surface area (Å²) in [5.74, 6) is 5.57. The summed E-state index contributed by atoms with van der Waals surface area (Å²) in [7, 11) is 0. The summed E-state index contributed by atoms with van der Waals surface area (Å²) in [6.07, 6.45) is 0. The van der Waals surface area contributed by atoms with E-state index in [0.29, 0.717) is 18.0 Å². The van der Waals surface area contributed by atoms with Crippen molar-refractivity contribution in [1.82, 2.24) is 5.32 Å². The maximum absolute atomic E-state index is 12.1. The van der Waals surface area contributed by atoms with E-state index in [1.807, 2.05) is 22.9 Å². The Morgan fingerprint density at radius 1 is 1.47 bits per heavy atom. The first-order chi connectivity index (χ1) is 9.20. The van der Waals surface area contributed by atoms with Crippen molar-refractivity contribution in [3.63, 3.8) is 0 Å². The van der Waals surface area contributed by atoms with Gasteiger partial charge in [-0.1, -0.05) is 11.8 Å². The van der Waals surface area contributed by atoms with Crippen LogP contribution in [0.4, 0.5) is 0 Å². The smallest absolute Gasteiger partial charge is 0.262 e. The first-order valence-corrected chi connectivity index (χ1v) is 8.03. The minimum absolute atomic E-state index is 0.0964. The molecule has 2 heterocycles. The van der Waals surface area contributed by atoms with Gasteiger partial charge in [-0.15, -0.1) is 22.7 Å². The van der Waals surface area contributed by atoms with Gasteiger partial charge in [-0.05, 0) is 33.4 Å². The van der Waals surface area contributed by atoms with Gasteiger partial charge in [-0.2, -0.15) is 0 Å². The summed E-state index contributed by atoms with van der Waals surface area (Å²) < 4.78 is 1.03. The third-order valence-corrected chi connectivity index (χ3v) is 4.85. The van der Waals surface area contributed by atoms with E-state index in [2.05, 4.69) is 33.1 Å². The fourth-order valence-electron chi connectivity index (χ4n) is 1.42. The Bertz CT molecular complexity index is 636. The van der Waals surface area contributed by atoms with Crippen molar-refractivity contribution in [2.24, 2.45) is 5.73 Å². The van der Waals surface area contributed by atoms with Crippen molar-refractivity contribution < 1.29 is 4.79 Å². The molecule has 0 spiro atoms. The lowest BCUT2D eigenvalue weighted by Crippen LogP contribution is -2.22. The predicted molar refractivity (Wildman–Crippen MR) is 83.4 cm³/mol. The number of hydrogen-bond acceptors (Lipinski definition) is 4. The molecule has 2 aromatic heterocycles. The van der Waals surface area contributed by atoms with Gasteiger partial charge in [-0.25, -0.2) is 0 Å². The van der Waals surface area contributed by atoms with E-state index in [-0.39, 0.29) is 5.91 Å². The Morgan fingerprint density at radius 2 is 2.32 bits per heavy atom. The molecule has 0 saturated carbocycles. The van der Waals surface area contributed by atoms with E-state index in [1.165, 1.54) is 11.3 Å².